The van der Waals surface area contributed by atoms with E-state index >= 15 is 0 Å². The fourth-order valence-corrected chi connectivity index (χ4v) is 4.67. The number of carbonyl (C=O) groups excluding carboxylic acids is 1. The van der Waals surface area contributed by atoms with Gasteiger partial charge in [-0.2, -0.15) is 4.98 Å². The van der Waals surface area contributed by atoms with Crippen LogP contribution in [-0.2, 0) is 15.6 Å². The maximum atomic E-state index is 12.4. The van der Waals surface area contributed by atoms with E-state index < -0.39 is 21.5 Å². The molecule has 2 aromatic rings. The topological polar surface area (TPSA) is 105 Å². The van der Waals surface area contributed by atoms with E-state index in [0.717, 1.165) is 32.0 Å². The Morgan fingerprint density at radius 2 is 2.10 bits per heavy atom. The Bertz CT molecular complexity index is 930. The van der Waals surface area contributed by atoms with Gasteiger partial charge in [0.05, 0.1) is 4.90 Å². The largest absolute Gasteiger partial charge is 0.348 e. The molecule has 1 saturated heterocycles. The summed E-state index contributed by atoms with van der Waals surface area (Å²) in [6, 6.07) is 5.81. The van der Waals surface area contributed by atoms with Gasteiger partial charge in [0, 0.05) is 18.1 Å². The molecular weight excluding hydrogens is 416 g/mol. The number of sulfone groups is 1. The number of aromatic nitrogens is 2. The Labute approximate surface area is 175 Å². The smallest absolute Gasteiger partial charge is 0.315 e. The molecule has 0 spiro atoms. The molecule has 0 bridgehead atoms. The molecule has 1 aromatic carbocycles. The number of amides is 1. The zero-order valence-corrected chi connectivity index (χ0v) is 17.9. The first-order valence-corrected chi connectivity index (χ1v) is 11.7. The molecule has 0 saturated carbocycles. The highest BCUT2D eigenvalue weighted by Crippen LogP contribution is 2.18. The SMILES string of the molecule is C[C@H]1CCCN(CCCNC(=O)c2nc(CS(=O)(=O)c3ccc(Cl)cc3)no2)C1. The molecule has 1 fully saturated rings. The first-order valence-electron chi connectivity index (χ1n) is 9.65. The van der Waals surface area contributed by atoms with Crippen molar-refractivity contribution in [1.29, 1.82) is 0 Å². The second kappa shape index (κ2) is 9.69. The van der Waals surface area contributed by atoms with Crippen LogP contribution in [0.3, 0.4) is 0 Å². The third kappa shape index (κ3) is 6.25. The second-order valence-electron chi connectivity index (χ2n) is 7.39. The Morgan fingerprint density at radius 3 is 2.83 bits per heavy atom. The van der Waals surface area contributed by atoms with Crippen LogP contribution in [0.2, 0.25) is 5.02 Å². The van der Waals surface area contributed by atoms with Gasteiger partial charge in [-0.1, -0.05) is 23.7 Å². The molecule has 1 N–H and O–H groups in total. The van der Waals surface area contributed by atoms with Crippen molar-refractivity contribution in [2.24, 2.45) is 5.92 Å². The summed E-state index contributed by atoms with van der Waals surface area (Å²) in [5, 5.41) is 6.79. The van der Waals surface area contributed by atoms with Crippen molar-refractivity contribution in [1.82, 2.24) is 20.4 Å². The first kappa shape index (κ1) is 21.7. The lowest BCUT2D eigenvalue weighted by atomic mass is 10.0. The number of hydrogen-bond acceptors (Lipinski definition) is 7. The van der Waals surface area contributed by atoms with Crippen LogP contribution in [0.5, 0.6) is 0 Å². The van der Waals surface area contributed by atoms with Crippen molar-refractivity contribution in [3.05, 3.63) is 41.0 Å². The summed E-state index contributed by atoms with van der Waals surface area (Å²) in [7, 11) is -3.66. The summed E-state index contributed by atoms with van der Waals surface area (Å²) in [4.78, 5) is 18.6. The number of rotatable bonds is 8. The summed E-state index contributed by atoms with van der Waals surface area (Å²) in [6.07, 6.45) is 3.32. The molecule has 29 heavy (non-hydrogen) atoms. The molecule has 1 aliphatic rings. The van der Waals surface area contributed by atoms with Gasteiger partial charge < -0.3 is 14.7 Å². The standard InChI is InChI=1S/C19H25ClN4O4S/c1-14-4-2-10-24(12-14)11-3-9-21-18(25)19-22-17(23-28-19)13-29(26,27)16-7-5-15(20)6-8-16/h5-8,14H,2-4,9-13H2,1H3,(H,21,25)/t14-/m0/s1. The van der Waals surface area contributed by atoms with Crippen LogP contribution in [0, 0.1) is 5.92 Å². The van der Waals surface area contributed by atoms with E-state index in [1.807, 2.05) is 0 Å². The highest BCUT2D eigenvalue weighted by Gasteiger charge is 2.22. The Balaban J connectivity index is 1.47. The molecule has 1 aliphatic heterocycles. The molecule has 1 amide bonds. The molecule has 10 heteroatoms. The number of piperidine rings is 1. The van der Waals surface area contributed by atoms with Crippen molar-refractivity contribution < 1.29 is 17.7 Å². The molecule has 0 unspecified atom stereocenters. The predicted molar refractivity (Wildman–Crippen MR) is 108 cm³/mol. The Hall–Kier alpha value is -1.97. The van der Waals surface area contributed by atoms with E-state index in [1.165, 1.54) is 37.1 Å². The molecule has 0 aliphatic carbocycles. The van der Waals surface area contributed by atoms with Gasteiger partial charge >= 0.3 is 11.8 Å². The van der Waals surface area contributed by atoms with Crippen molar-refractivity contribution in [2.45, 2.75) is 36.8 Å². The van der Waals surface area contributed by atoms with E-state index in [0.29, 0.717) is 11.6 Å². The molecule has 1 aromatic heterocycles. The van der Waals surface area contributed by atoms with Gasteiger partial charge in [0.2, 0.25) is 0 Å². The normalized spacial score (nSPS) is 17.9. The first-order chi connectivity index (χ1) is 13.8. The minimum Gasteiger partial charge on any atom is -0.348 e. The monoisotopic (exact) mass is 440 g/mol. The fourth-order valence-electron chi connectivity index (χ4n) is 3.37. The van der Waals surface area contributed by atoms with Gasteiger partial charge in [-0.05, 0) is 62.5 Å². The summed E-state index contributed by atoms with van der Waals surface area (Å²) >= 11 is 5.78. The zero-order valence-electron chi connectivity index (χ0n) is 16.3. The van der Waals surface area contributed by atoms with Crippen LogP contribution in [-0.4, -0.2) is 55.5 Å². The van der Waals surface area contributed by atoms with Crippen LogP contribution in [0.4, 0.5) is 0 Å². The Morgan fingerprint density at radius 1 is 1.34 bits per heavy atom. The van der Waals surface area contributed by atoms with E-state index in [1.54, 1.807) is 0 Å². The number of halogens is 1. The average Bonchev–Trinajstić information content (AvgIpc) is 3.13. The van der Waals surface area contributed by atoms with Crippen LogP contribution in [0.1, 0.15) is 42.7 Å². The van der Waals surface area contributed by atoms with E-state index in [-0.39, 0.29) is 16.6 Å². The maximum absolute atomic E-state index is 12.4. The fraction of sp³-hybridized carbons (Fsp3) is 0.526. The number of benzene rings is 1. The number of likely N-dealkylation sites (tertiary alicyclic amines) is 1. The van der Waals surface area contributed by atoms with E-state index in [2.05, 4.69) is 27.3 Å². The molecule has 1 atom stereocenters. The van der Waals surface area contributed by atoms with E-state index in [4.69, 9.17) is 16.1 Å². The van der Waals surface area contributed by atoms with E-state index in [9.17, 15) is 13.2 Å². The molecule has 8 nitrogen and oxygen atoms in total. The lowest BCUT2D eigenvalue weighted by Crippen LogP contribution is -2.36. The lowest BCUT2D eigenvalue weighted by Gasteiger charge is -2.30. The predicted octanol–water partition coefficient (Wildman–Crippen LogP) is 2.55. The number of hydrogen-bond donors (Lipinski definition) is 1. The average molecular weight is 441 g/mol. The maximum Gasteiger partial charge on any atom is 0.315 e. The van der Waals surface area contributed by atoms with Crippen molar-refractivity contribution in [3.8, 4) is 0 Å². The van der Waals surface area contributed by atoms with Crippen LogP contribution in [0.15, 0.2) is 33.7 Å². The van der Waals surface area contributed by atoms with Gasteiger partial charge in [-0.25, -0.2) is 8.42 Å². The molecule has 3 rings (SSSR count). The highest BCUT2D eigenvalue weighted by atomic mass is 35.5. The molecule has 0 radical (unpaired) electrons. The third-order valence-corrected chi connectivity index (χ3v) is 6.71. The number of nitrogens with zero attached hydrogens (tertiary/aromatic N) is 3. The van der Waals surface area contributed by atoms with Gasteiger partial charge in [-0.15, -0.1) is 0 Å². The van der Waals surface area contributed by atoms with Gasteiger partial charge in [0.1, 0.15) is 5.75 Å². The lowest BCUT2D eigenvalue weighted by molar-refractivity contribution is 0.0906. The van der Waals surface area contributed by atoms with Crippen LogP contribution >= 0.6 is 11.6 Å². The van der Waals surface area contributed by atoms with Gasteiger partial charge in [0.15, 0.2) is 15.7 Å². The van der Waals surface area contributed by atoms with Gasteiger partial charge in [0.25, 0.3) is 0 Å². The third-order valence-electron chi connectivity index (χ3n) is 4.83. The Kier molecular flexibility index (Phi) is 7.26. The summed E-state index contributed by atoms with van der Waals surface area (Å²) in [6.45, 7) is 5.88. The minimum absolute atomic E-state index is 0.0626. The van der Waals surface area contributed by atoms with Crippen LogP contribution in [0.25, 0.3) is 0 Å². The number of nitrogens with one attached hydrogen (secondary N) is 1. The van der Waals surface area contributed by atoms with Crippen molar-refractivity contribution >= 4 is 27.3 Å². The summed E-state index contributed by atoms with van der Waals surface area (Å²) in [5.74, 6) is -0.539. The quantitative estimate of drug-likeness (QED) is 0.628. The van der Waals surface area contributed by atoms with Crippen molar-refractivity contribution in [3.63, 3.8) is 0 Å². The highest BCUT2D eigenvalue weighted by molar-refractivity contribution is 7.90. The second-order valence-corrected chi connectivity index (χ2v) is 9.81. The number of carbonyl (C=O) groups is 1. The molecule has 158 valence electrons. The van der Waals surface area contributed by atoms with Gasteiger partial charge in [-0.3, -0.25) is 4.79 Å². The molecule has 2 heterocycles. The summed E-state index contributed by atoms with van der Waals surface area (Å²) < 4.78 is 29.7. The summed E-state index contributed by atoms with van der Waals surface area (Å²) in [5.41, 5.74) is 0. The van der Waals surface area contributed by atoms with Crippen LogP contribution < -0.4 is 5.32 Å². The van der Waals surface area contributed by atoms with Crippen molar-refractivity contribution in [2.75, 3.05) is 26.2 Å². The zero-order chi connectivity index (χ0) is 20.9. The minimum atomic E-state index is -3.66. The molecular formula is C19H25ClN4O4S.